The Morgan fingerprint density at radius 2 is 1.78 bits per heavy atom. The highest BCUT2D eigenvalue weighted by Gasteiger charge is 2.16. The van der Waals surface area contributed by atoms with Gasteiger partial charge in [-0.3, -0.25) is 15.1 Å². The van der Waals surface area contributed by atoms with Gasteiger partial charge in [0.15, 0.2) is 5.13 Å². The molecule has 3 heterocycles. The number of nitrogens with zero attached hydrogens (tertiary/aromatic N) is 3. The molecule has 0 aliphatic carbocycles. The van der Waals surface area contributed by atoms with Crippen molar-refractivity contribution in [1.82, 2.24) is 15.0 Å². The highest BCUT2D eigenvalue weighted by molar-refractivity contribution is 7.99. The van der Waals surface area contributed by atoms with Crippen molar-refractivity contribution in [3.8, 4) is 11.3 Å². The molecule has 0 saturated heterocycles. The molecule has 5 aromatic rings. The monoisotopic (exact) mass is 464 g/mol. The van der Waals surface area contributed by atoms with E-state index in [-0.39, 0.29) is 5.91 Å². The van der Waals surface area contributed by atoms with Gasteiger partial charge < -0.3 is 0 Å². The summed E-state index contributed by atoms with van der Waals surface area (Å²) in [4.78, 5) is 26.8. The van der Waals surface area contributed by atoms with Gasteiger partial charge in [0.1, 0.15) is 0 Å². The highest BCUT2D eigenvalue weighted by Crippen LogP contribution is 2.33. The number of halogens is 2. The summed E-state index contributed by atoms with van der Waals surface area (Å²) < 4.78 is 26.0. The number of carbonyl (C=O) groups is 1. The molecule has 32 heavy (non-hydrogen) atoms. The Balaban J connectivity index is 1.51. The first kappa shape index (κ1) is 20.5. The van der Waals surface area contributed by atoms with Gasteiger partial charge in [-0.15, -0.1) is 0 Å². The van der Waals surface area contributed by atoms with Crippen LogP contribution >= 0.6 is 23.1 Å². The van der Waals surface area contributed by atoms with E-state index in [4.69, 9.17) is 0 Å². The Kier molecular flexibility index (Phi) is 5.50. The van der Waals surface area contributed by atoms with Crippen molar-refractivity contribution in [2.75, 3.05) is 5.32 Å². The molecule has 0 spiro atoms. The third-order valence-electron chi connectivity index (χ3n) is 4.74. The van der Waals surface area contributed by atoms with Crippen molar-refractivity contribution >= 4 is 55.3 Å². The van der Waals surface area contributed by atoms with Gasteiger partial charge in [-0.05, 0) is 42.5 Å². The molecule has 0 atom stereocenters. The van der Waals surface area contributed by atoms with Crippen molar-refractivity contribution in [3.05, 3.63) is 78.6 Å². The van der Waals surface area contributed by atoms with E-state index in [1.165, 1.54) is 11.3 Å². The lowest BCUT2D eigenvalue weighted by Gasteiger charge is -2.09. The van der Waals surface area contributed by atoms with Crippen molar-refractivity contribution in [2.24, 2.45) is 0 Å². The third kappa shape index (κ3) is 4.17. The normalized spacial score (nSPS) is 11.3. The summed E-state index contributed by atoms with van der Waals surface area (Å²) in [5.41, 5.74) is 3.32. The Hall–Kier alpha value is -3.43. The lowest BCUT2D eigenvalue weighted by atomic mass is 10.0. The fraction of sp³-hybridized carbons (Fsp3) is 0.0435. The average molecular weight is 465 g/mol. The first-order chi connectivity index (χ1) is 15.6. The van der Waals surface area contributed by atoms with Crippen molar-refractivity contribution < 1.29 is 13.6 Å². The summed E-state index contributed by atoms with van der Waals surface area (Å²) in [6, 6.07) is 17.8. The van der Waals surface area contributed by atoms with Crippen LogP contribution in [0.3, 0.4) is 0 Å². The van der Waals surface area contributed by atoms with Gasteiger partial charge in [-0.25, -0.2) is 9.97 Å². The van der Waals surface area contributed by atoms with Crippen LogP contribution in [0.2, 0.25) is 0 Å². The molecule has 9 heteroatoms. The van der Waals surface area contributed by atoms with E-state index < -0.39 is 5.76 Å². The summed E-state index contributed by atoms with van der Waals surface area (Å²) in [6.07, 6.45) is 3.35. The number of hydrogen-bond donors (Lipinski definition) is 1. The van der Waals surface area contributed by atoms with Gasteiger partial charge in [-0.1, -0.05) is 41.3 Å². The second-order valence-corrected chi connectivity index (χ2v) is 8.88. The number of nitrogens with one attached hydrogen (secondary N) is 1. The van der Waals surface area contributed by atoms with Gasteiger partial charge in [0.25, 0.3) is 11.7 Å². The molecular weight excluding hydrogens is 450 g/mol. The van der Waals surface area contributed by atoms with E-state index in [1.807, 2.05) is 36.4 Å². The zero-order valence-corrected chi connectivity index (χ0v) is 18.0. The van der Waals surface area contributed by atoms with Crippen molar-refractivity contribution in [3.63, 3.8) is 0 Å². The smallest absolute Gasteiger partial charge is 0.288 e. The number of alkyl halides is 2. The molecule has 5 rings (SSSR count). The lowest BCUT2D eigenvalue weighted by molar-refractivity contribution is 0.102. The van der Waals surface area contributed by atoms with E-state index in [9.17, 15) is 13.6 Å². The van der Waals surface area contributed by atoms with Crippen molar-refractivity contribution in [2.45, 2.75) is 10.7 Å². The molecule has 5 nitrogen and oxygen atoms in total. The first-order valence-electron chi connectivity index (χ1n) is 9.54. The van der Waals surface area contributed by atoms with E-state index in [0.717, 1.165) is 15.6 Å². The van der Waals surface area contributed by atoms with E-state index in [2.05, 4.69) is 20.3 Å². The summed E-state index contributed by atoms with van der Waals surface area (Å²) >= 11 is 1.72. The maximum absolute atomic E-state index is 13.2. The maximum Gasteiger partial charge on any atom is 0.288 e. The van der Waals surface area contributed by atoms with Crippen LogP contribution in [0.5, 0.6) is 0 Å². The number of anilines is 1. The van der Waals surface area contributed by atoms with Crippen LogP contribution in [0.1, 0.15) is 10.4 Å². The topological polar surface area (TPSA) is 67.8 Å². The predicted molar refractivity (Wildman–Crippen MR) is 124 cm³/mol. The number of hydrogen-bond acceptors (Lipinski definition) is 6. The van der Waals surface area contributed by atoms with E-state index >= 15 is 0 Å². The van der Waals surface area contributed by atoms with E-state index in [0.29, 0.717) is 44.1 Å². The minimum atomic E-state index is -2.49. The molecule has 0 aliphatic rings. The van der Waals surface area contributed by atoms with E-state index in [1.54, 1.807) is 36.7 Å². The Bertz CT molecular complexity index is 1440. The highest BCUT2D eigenvalue weighted by atomic mass is 32.2. The number of para-hydroxylation sites is 1. The fourth-order valence-corrected chi connectivity index (χ4v) is 4.85. The van der Waals surface area contributed by atoms with Crippen LogP contribution in [0.25, 0.3) is 32.4 Å². The molecule has 158 valence electrons. The number of thioether (sulfide) groups is 1. The molecule has 1 amide bonds. The molecule has 2 aromatic carbocycles. The largest absolute Gasteiger partial charge is 0.298 e. The number of benzene rings is 2. The minimum absolute atomic E-state index is 0.319. The summed E-state index contributed by atoms with van der Waals surface area (Å²) in [7, 11) is 0. The van der Waals surface area contributed by atoms with Gasteiger partial charge in [0, 0.05) is 28.2 Å². The van der Waals surface area contributed by atoms with Crippen LogP contribution in [0, 0.1) is 0 Å². The number of aromatic nitrogens is 3. The molecule has 0 saturated carbocycles. The van der Waals surface area contributed by atoms with Crippen LogP contribution < -0.4 is 5.32 Å². The number of carbonyl (C=O) groups excluding carboxylic acids is 1. The Labute approximate surface area is 189 Å². The predicted octanol–water partition coefficient (Wildman–Crippen LogP) is 6.47. The molecule has 0 unspecified atom stereocenters. The van der Waals surface area contributed by atoms with Gasteiger partial charge in [-0.2, -0.15) is 8.78 Å². The quantitative estimate of drug-likeness (QED) is 0.302. The Morgan fingerprint density at radius 1 is 0.969 bits per heavy atom. The number of amides is 1. The zero-order valence-electron chi connectivity index (χ0n) is 16.3. The fourth-order valence-electron chi connectivity index (χ4n) is 3.33. The van der Waals surface area contributed by atoms with Gasteiger partial charge >= 0.3 is 0 Å². The zero-order chi connectivity index (χ0) is 22.1. The van der Waals surface area contributed by atoms with Gasteiger partial charge in [0.2, 0.25) is 0 Å². The first-order valence-corrected chi connectivity index (χ1v) is 11.2. The number of pyridine rings is 2. The standard InChI is InChI=1S/C23H14F2N4OS2/c24-22(25)31-14-5-6-18-20(11-14)32-23(28-18)29-21(30)16-12-19(13-7-9-26-10-8-13)27-17-4-2-1-3-15(16)17/h1-12,22H,(H,28,29,30). The molecule has 1 N–H and O–H groups in total. The SMILES string of the molecule is O=C(Nc1nc2ccc(SC(F)F)cc2s1)c1cc(-c2ccncc2)nc2ccccc12. The van der Waals surface area contributed by atoms with Crippen molar-refractivity contribution in [1.29, 1.82) is 0 Å². The minimum Gasteiger partial charge on any atom is -0.298 e. The summed E-state index contributed by atoms with van der Waals surface area (Å²) in [5, 5.41) is 3.97. The molecular formula is C23H14F2N4OS2. The third-order valence-corrected chi connectivity index (χ3v) is 6.38. The lowest BCUT2D eigenvalue weighted by Crippen LogP contribution is -2.13. The second kappa shape index (κ2) is 8.60. The second-order valence-electron chi connectivity index (χ2n) is 6.79. The number of rotatable bonds is 5. The summed E-state index contributed by atoms with van der Waals surface area (Å²) in [5.74, 6) is -2.81. The Morgan fingerprint density at radius 3 is 2.59 bits per heavy atom. The van der Waals surface area contributed by atoms with Crippen LogP contribution in [-0.4, -0.2) is 26.6 Å². The van der Waals surface area contributed by atoms with Crippen LogP contribution in [-0.2, 0) is 0 Å². The molecule has 0 bridgehead atoms. The molecule has 3 aromatic heterocycles. The van der Waals surface area contributed by atoms with Crippen LogP contribution in [0.15, 0.2) is 78.0 Å². The molecule has 0 radical (unpaired) electrons. The number of fused-ring (bicyclic) bond motifs is 2. The molecule has 0 fully saturated rings. The number of thiazole rings is 1. The molecule has 0 aliphatic heterocycles. The van der Waals surface area contributed by atoms with Gasteiger partial charge in [0.05, 0.1) is 27.0 Å². The summed E-state index contributed by atoms with van der Waals surface area (Å²) in [6.45, 7) is 0. The average Bonchev–Trinajstić information content (AvgIpc) is 3.20. The van der Waals surface area contributed by atoms with Crippen LogP contribution in [0.4, 0.5) is 13.9 Å². The maximum atomic E-state index is 13.2.